The standard InChI is InChI=1S/C24H28N4O2S/c1-2-3-6-14-31-24-27-20-10-4-5-11-21(20)28(24)16-22(29)25-19-9-7-8-17(15-19)23(30)26-18-12-13-18/h4-5,7-11,15,18H,2-3,6,12-14,16H2,1H3,(H,25,29)(H,26,30). The summed E-state index contributed by atoms with van der Waals surface area (Å²) in [4.78, 5) is 29.9. The summed E-state index contributed by atoms with van der Waals surface area (Å²) < 4.78 is 1.98. The smallest absolute Gasteiger partial charge is 0.251 e. The minimum Gasteiger partial charge on any atom is -0.349 e. The first-order valence-corrected chi connectivity index (χ1v) is 11.9. The van der Waals surface area contributed by atoms with Crippen LogP contribution in [0, 0.1) is 0 Å². The zero-order valence-electron chi connectivity index (χ0n) is 17.8. The third kappa shape index (κ3) is 5.67. The van der Waals surface area contributed by atoms with Crippen LogP contribution in [0.2, 0.25) is 0 Å². The van der Waals surface area contributed by atoms with Crippen LogP contribution in [0.3, 0.4) is 0 Å². The molecule has 0 radical (unpaired) electrons. The van der Waals surface area contributed by atoms with Crippen LogP contribution in [-0.2, 0) is 11.3 Å². The maximum absolute atomic E-state index is 12.9. The number of nitrogens with one attached hydrogen (secondary N) is 2. The van der Waals surface area contributed by atoms with Crippen molar-refractivity contribution >= 4 is 40.3 Å². The number of fused-ring (bicyclic) bond motifs is 1. The minimum absolute atomic E-state index is 0.0926. The lowest BCUT2D eigenvalue weighted by molar-refractivity contribution is -0.116. The van der Waals surface area contributed by atoms with E-state index in [0.29, 0.717) is 17.3 Å². The summed E-state index contributed by atoms with van der Waals surface area (Å²) in [5.41, 5.74) is 3.03. The summed E-state index contributed by atoms with van der Waals surface area (Å²) >= 11 is 1.70. The third-order valence-electron chi connectivity index (χ3n) is 5.22. The Morgan fingerprint density at radius 3 is 2.77 bits per heavy atom. The molecule has 1 aromatic heterocycles. The van der Waals surface area contributed by atoms with Crippen molar-refractivity contribution in [1.29, 1.82) is 0 Å². The first kappa shape index (κ1) is 21.4. The number of hydrogen-bond donors (Lipinski definition) is 2. The molecule has 2 amide bonds. The van der Waals surface area contributed by atoms with Gasteiger partial charge in [0.15, 0.2) is 5.16 Å². The average Bonchev–Trinajstić information content (AvgIpc) is 3.52. The molecule has 0 bridgehead atoms. The predicted octanol–water partition coefficient (Wildman–Crippen LogP) is 4.85. The van der Waals surface area contributed by atoms with Crippen molar-refractivity contribution in [3.63, 3.8) is 0 Å². The fraction of sp³-hybridized carbons (Fsp3) is 0.375. The molecule has 31 heavy (non-hydrogen) atoms. The quantitative estimate of drug-likeness (QED) is 0.352. The molecule has 6 nitrogen and oxygen atoms in total. The molecule has 1 aliphatic rings. The zero-order chi connectivity index (χ0) is 21.6. The van der Waals surface area contributed by atoms with E-state index in [1.165, 1.54) is 12.8 Å². The van der Waals surface area contributed by atoms with Crippen LogP contribution in [-0.4, -0.2) is 33.2 Å². The number of carbonyl (C=O) groups is 2. The van der Waals surface area contributed by atoms with Crippen molar-refractivity contribution in [2.75, 3.05) is 11.1 Å². The number of rotatable bonds is 10. The molecule has 0 atom stereocenters. The first-order valence-electron chi connectivity index (χ1n) is 10.9. The van der Waals surface area contributed by atoms with Crippen molar-refractivity contribution in [2.24, 2.45) is 0 Å². The number of nitrogens with zero attached hydrogens (tertiary/aromatic N) is 2. The molecule has 2 aromatic carbocycles. The van der Waals surface area contributed by atoms with E-state index < -0.39 is 0 Å². The molecular weight excluding hydrogens is 408 g/mol. The van der Waals surface area contributed by atoms with E-state index >= 15 is 0 Å². The van der Waals surface area contributed by atoms with Crippen molar-refractivity contribution in [1.82, 2.24) is 14.9 Å². The van der Waals surface area contributed by atoms with Gasteiger partial charge < -0.3 is 15.2 Å². The summed E-state index contributed by atoms with van der Waals surface area (Å²) in [5, 5.41) is 6.78. The maximum Gasteiger partial charge on any atom is 0.251 e. The molecule has 162 valence electrons. The monoisotopic (exact) mass is 436 g/mol. The number of aromatic nitrogens is 2. The van der Waals surface area contributed by atoms with Crippen molar-refractivity contribution in [3.05, 3.63) is 54.1 Å². The van der Waals surface area contributed by atoms with Crippen LogP contribution in [0.1, 0.15) is 49.4 Å². The van der Waals surface area contributed by atoms with Crippen molar-refractivity contribution in [3.8, 4) is 0 Å². The molecular formula is C24H28N4O2S. The Morgan fingerprint density at radius 2 is 1.97 bits per heavy atom. The van der Waals surface area contributed by atoms with E-state index in [2.05, 4.69) is 17.6 Å². The predicted molar refractivity (Wildman–Crippen MR) is 126 cm³/mol. The van der Waals surface area contributed by atoms with Crippen LogP contribution >= 0.6 is 11.8 Å². The van der Waals surface area contributed by atoms with Gasteiger partial charge >= 0.3 is 0 Å². The van der Waals surface area contributed by atoms with Crippen LogP contribution in [0.15, 0.2) is 53.7 Å². The highest BCUT2D eigenvalue weighted by molar-refractivity contribution is 7.99. The topological polar surface area (TPSA) is 76.0 Å². The van der Waals surface area contributed by atoms with Crippen LogP contribution < -0.4 is 10.6 Å². The average molecular weight is 437 g/mol. The second-order valence-corrected chi connectivity index (χ2v) is 8.96. The Labute approximate surface area is 186 Å². The number of imidazole rings is 1. The van der Waals surface area contributed by atoms with Gasteiger partial charge in [0.25, 0.3) is 5.91 Å². The molecule has 2 N–H and O–H groups in total. The summed E-state index contributed by atoms with van der Waals surface area (Å²) in [6.07, 6.45) is 5.58. The van der Waals surface area contributed by atoms with Gasteiger partial charge in [-0.3, -0.25) is 9.59 Å². The number of unbranched alkanes of at least 4 members (excludes halogenated alkanes) is 2. The largest absolute Gasteiger partial charge is 0.349 e. The number of para-hydroxylation sites is 2. The maximum atomic E-state index is 12.9. The van der Waals surface area contributed by atoms with E-state index in [4.69, 9.17) is 4.98 Å². The zero-order valence-corrected chi connectivity index (χ0v) is 18.6. The summed E-state index contributed by atoms with van der Waals surface area (Å²) in [7, 11) is 0. The third-order valence-corrected chi connectivity index (χ3v) is 6.28. The molecule has 1 fully saturated rings. The molecule has 1 heterocycles. The molecule has 7 heteroatoms. The molecule has 3 aromatic rings. The normalized spacial score (nSPS) is 13.3. The van der Waals surface area contributed by atoms with Crippen LogP contribution in [0.25, 0.3) is 11.0 Å². The van der Waals surface area contributed by atoms with Gasteiger partial charge in [-0.1, -0.05) is 49.7 Å². The highest BCUT2D eigenvalue weighted by atomic mass is 32.2. The van der Waals surface area contributed by atoms with Gasteiger partial charge in [0, 0.05) is 23.0 Å². The summed E-state index contributed by atoms with van der Waals surface area (Å²) in [6.45, 7) is 2.37. The van der Waals surface area contributed by atoms with Crippen molar-refractivity contribution < 1.29 is 9.59 Å². The Balaban J connectivity index is 1.46. The second kappa shape index (κ2) is 10.0. The van der Waals surface area contributed by atoms with Crippen LogP contribution in [0.5, 0.6) is 0 Å². The Morgan fingerprint density at radius 1 is 1.13 bits per heavy atom. The molecule has 4 rings (SSSR count). The van der Waals surface area contributed by atoms with Gasteiger partial charge in [-0.25, -0.2) is 4.98 Å². The summed E-state index contributed by atoms with van der Waals surface area (Å²) in [5.74, 6) is 0.750. The lowest BCUT2D eigenvalue weighted by atomic mass is 10.2. The lowest BCUT2D eigenvalue weighted by Gasteiger charge is -2.11. The number of carbonyl (C=O) groups excluding carboxylic acids is 2. The number of anilines is 1. The van der Waals surface area contributed by atoms with Crippen molar-refractivity contribution in [2.45, 2.75) is 56.8 Å². The molecule has 0 saturated heterocycles. The SMILES string of the molecule is CCCCCSc1nc2ccccc2n1CC(=O)Nc1cccc(C(=O)NC2CC2)c1. The highest BCUT2D eigenvalue weighted by Crippen LogP contribution is 2.25. The number of thioether (sulfide) groups is 1. The van der Waals surface area contributed by atoms with Gasteiger partial charge in [0.2, 0.25) is 5.91 Å². The lowest BCUT2D eigenvalue weighted by Crippen LogP contribution is -2.25. The highest BCUT2D eigenvalue weighted by Gasteiger charge is 2.24. The van der Waals surface area contributed by atoms with Gasteiger partial charge in [0.1, 0.15) is 6.54 Å². The van der Waals surface area contributed by atoms with Gasteiger partial charge in [-0.15, -0.1) is 0 Å². The van der Waals surface area contributed by atoms with Gasteiger partial charge in [0.05, 0.1) is 11.0 Å². The fourth-order valence-electron chi connectivity index (χ4n) is 3.41. The molecule has 1 saturated carbocycles. The molecule has 1 aliphatic carbocycles. The number of hydrogen-bond acceptors (Lipinski definition) is 4. The Bertz CT molecular complexity index is 1070. The minimum atomic E-state index is -0.140. The van der Waals surface area contributed by atoms with Crippen LogP contribution in [0.4, 0.5) is 5.69 Å². The van der Waals surface area contributed by atoms with E-state index in [0.717, 1.165) is 41.2 Å². The Hall–Kier alpha value is -2.80. The number of amides is 2. The molecule has 0 unspecified atom stereocenters. The summed E-state index contributed by atoms with van der Waals surface area (Å²) in [6, 6.07) is 15.3. The molecule has 0 spiro atoms. The second-order valence-electron chi connectivity index (χ2n) is 7.90. The molecule has 0 aliphatic heterocycles. The first-order chi connectivity index (χ1) is 15.1. The number of benzene rings is 2. The van der Waals surface area contributed by atoms with E-state index in [9.17, 15) is 9.59 Å². The van der Waals surface area contributed by atoms with E-state index in [1.807, 2.05) is 28.8 Å². The fourth-order valence-corrected chi connectivity index (χ4v) is 4.42. The Kier molecular flexibility index (Phi) is 6.92. The van der Waals surface area contributed by atoms with E-state index in [1.54, 1.807) is 36.0 Å². The van der Waals surface area contributed by atoms with Gasteiger partial charge in [-0.05, 0) is 49.6 Å². The van der Waals surface area contributed by atoms with E-state index in [-0.39, 0.29) is 18.4 Å². The van der Waals surface area contributed by atoms with Gasteiger partial charge in [-0.2, -0.15) is 0 Å².